The van der Waals surface area contributed by atoms with Crippen molar-refractivity contribution in [3.63, 3.8) is 0 Å². The van der Waals surface area contributed by atoms with Crippen molar-refractivity contribution >= 4 is 17.6 Å². The van der Waals surface area contributed by atoms with E-state index in [4.69, 9.17) is 11.6 Å². The predicted molar refractivity (Wildman–Crippen MR) is 104 cm³/mol. The molecule has 24 heavy (non-hydrogen) atoms. The molecule has 5 heteroatoms. The van der Waals surface area contributed by atoms with Crippen molar-refractivity contribution in [2.45, 2.75) is 33.2 Å². The van der Waals surface area contributed by atoms with Gasteiger partial charge in [-0.1, -0.05) is 43.6 Å². The van der Waals surface area contributed by atoms with Gasteiger partial charge in [-0.3, -0.25) is 4.99 Å². The second kappa shape index (κ2) is 9.90. The molecule has 0 aromatic heterocycles. The third kappa shape index (κ3) is 6.33. The minimum atomic E-state index is 0.684. The van der Waals surface area contributed by atoms with Crippen molar-refractivity contribution in [1.82, 2.24) is 15.5 Å². The van der Waals surface area contributed by atoms with Gasteiger partial charge in [-0.05, 0) is 42.9 Å². The molecule has 1 atom stereocenters. The first kappa shape index (κ1) is 19.1. The van der Waals surface area contributed by atoms with Crippen LogP contribution in [0.5, 0.6) is 0 Å². The Hall–Kier alpha value is -1.26. The maximum Gasteiger partial charge on any atom is 0.191 e. The van der Waals surface area contributed by atoms with E-state index in [1.54, 1.807) is 0 Å². The summed E-state index contributed by atoms with van der Waals surface area (Å²) in [6.45, 7) is 9.88. The Morgan fingerprint density at radius 1 is 1.33 bits per heavy atom. The average molecular weight is 351 g/mol. The van der Waals surface area contributed by atoms with Crippen molar-refractivity contribution in [2.75, 3.05) is 33.2 Å². The summed E-state index contributed by atoms with van der Waals surface area (Å²) in [7, 11) is 1.81. The van der Waals surface area contributed by atoms with Crippen molar-refractivity contribution in [3.8, 4) is 0 Å². The van der Waals surface area contributed by atoms with Gasteiger partial charge in [0.2, 0.25) is 0 Å². The van der Waals surface area contributed by atoms with E-state index in [2.05, 4.69) is 34.4 Å². The molecule has 4 nitrogen and oxygen atoms in total. The first-order valence-electron chi connectivity index (χ1n) is 8.98. The summed E-state index contributed by atoms with van der Waals surface area (Å²) in [6, 6.07) is 7.91. The summed E-state index contributed by atoms with van der Waals surface area (Å²) in [6.07, 6.45) is 2.59. The van der Waals surface area contributed by atoms with Crippen LogP contribution >= 0.6 is 11.6 Å². The van der Waals surface area contributed by atoms with Crippen LogP contribution in [0.15, 0.2) is 29.3 Å². The third-order valence-corrected chi connectivity index (χ3v) is 4.78. The number of rotatable bonds is 6. The highest BCUT2D eigenvalue weighted by molar-refractivity contribution is 6.31. The van der Waals surface area contributed by atoms with Gasteiger partial charge < -0.3 is 15.5 Å². The molecule has 1 aromatic carbocycles. The van der Waals surface area contributed by atoms with Crippen molar-refractivity contribution < 1.29 is 0 Å². The van der Waals surface area contributed by atoms with Crippen LogP contribution in [0.4, 0.5) is 0 Å². The van der Waals surface area contributed by atoms with Gasteiger partial charge >= 0.3 is 0 Å². The molecular weight excluding hydrogens is 320 g/mol. The van der Waals surface area contributed by atoms with Crippen molar-refractivity contribution in [2.24, 2.45) is 16.8 Å². The molecule has 0 saturated carbocycles. The normalized spacial score (nSPS) is 19.5. The lowest BCUT2D eigenvalue weighted by Gasteiger charge is -2.34. The predicted octanol–water partition coefficient (Wildman–Crippen LogP) is 3.37. The molecule has 0 spiro atoms. The second-order valence-electron chi connectivity index (χ2n) is 7.06. The van der Waals surface area contributed by atoms with Crippen LogP contribution < -0.4 is 10.6 Å². The van der Waals surface area contributed by atoms with Crippen LogP contribution in [-0.2, 0) is 6.54 Å². The van der Waals surface area contributed by atoms with Crippen LogP contribution in [0, 0.1) is 11.8 Å². The minimum Gasteiger partial charge on any atom is -0.356 e. The molecule has 0 bridgehead atoms. The van der Waals surface area contributed by atoms with Gasteiger partial charge in [0, 0.05) is 38.2 Å². The SMILES string of the molecule is CN=C(NCc1ccccc1Cl)NCC1CCCN(CC(C)C)C1. The number of guanidine groups is 1. The Balaban J connectivity index is 1.76. The largest absolute Gasteiger partial charge is 0.356 e. The molecule has 0 amide bonds. The highest BCUT2D eigenvalue weighted by Gasteiger charge is 2.20. The second-order valence-corrected chi connectivity index (χ2v) is 7.47. The van der Waals surface area contributed by atoms with Gasteiger partial charge in [-0.25, -0.2) is 0 Å². The Morgan fingerprint density at radius 2 is 2.12 bits per heavy atom. The molecule has 1 saturated heterocycles. The molecule has 1 fully saturated rings. The van der Waals surface area contributed by atoms with Crippen LogP contribution in [0.1, 0.15) is 32.3 Å². The van der Waals surface area contributed by atoms with E-state index >= 15 is 0 Å². The molecule has 1 aliphatic rings. The zero-order valence-electron chi connectivity index (χ0n) is 15.2. The van der Waals surface area contributed by atoms with Gasteiger partial charge in [-0.15, -0.1) is 0 Å². The summed E-state index contributed by atoms with van der Waals surface area (Å²) in [5.74, 6) is 2.27. The topological polar surface area (TPSA) is 39.7 Å². The maximum atomic E-state index is 6.20. The highest BCUT2D eigenvalue weighted by atomic mass is 35.5. The zero-order valence-corrected chi connectivity index (χ0v) is 15.9. The highest BCUT2D eigenvalue weighted by Crippen LogP contribution is 2.17. The quantitative estimate of drug-likeness (QED) is 0.610. The van der Waals surface area contributed by atoms with Crippen molar-refractivity contribution in [3.05, 3.63) is 34.9 Å². The summed E-state index contributed by atoms with van der Waals surface area (Å²) < 4.78 is 0. The lowest BCUT2D eigenvalue weighted by Crippen LogP contribution is -2.45. The van der Waals surface area contributed by atoms with Gasteiger partial charge in [0.25, 0.3) is 0 Å². The Morgan fingerprint density at radius 3 is 2.83 bits per heavy atom. The Kier molecular flexibility index (Phi) is 7.86. The number of hydrogen-bond acceptors (Lipinski definition) is 2. The van der Waals surface area contributed by atoms with E-state index in [0.29, 0.717) is 12.5 Å². The molecule has 1 unspecified atom stereocenters. The number of benzene rings is 1. The Labute approximate surface area is 151 Å². The lowest BCUT2D eigenvalue weighted by molar-refractivity contribution is 0.159. The van der Waals surface area contributed by atoms with Crippen LogP contribution in [0.3, 0.4) is 0 Å². The number of hydrogen-bond donors (Lipinski definition) is 2. The van der Waals surface area contributed by atoms with Crippen LogP contribution in [-0.4, -0.2) is 44.1 Å². The van der Waals surface area contributed by atoms with Crippen LogP contribution in [0.25, 0.3) is 0 Å². The molecular formula is C19H31ClN4. The molecule has 0 radical (unpaired) electrons. The monoisotopic (exact) mass is 350 g/mol. The molecule has 2 N–H and O–H groups in total. The van der Waals surface area contributed by atoms with Gasteiger partial charge in [-0.2, -0.15) is 0 Å². The molecule has 1 heterocycles. The summed E-state index contributed by atoms with van der Waals surface area (Å²) in [5.41, 5.74) is 1.09. The van der Waals surface area contributed by atoms with Crippen molar-refractivity contribution in [1.29, 1.82) is 0 Å². The number of nitrogens with one attached hydrogen (secondary N) is 2. The Bertz CT molecular complexity index is 530. The van der Waals surface area contributed by atoms with E-state index in [9.17, 15) is 0 Å². The number of piperidine rings is 1. The smallest absolute Gasteiger partial charge is 0.191 e. The van der Waals surface area contributed by atoms with Gasteiger partial charge in [0.05, 0.1) is 0 Å². The summed E-state index contributed by atoms with van der Waals surface area (Å²) in [5, 5.41) is 7.61. The average Bonchev–Trinajstić information content (AvgIpc) is 2.56. The number of halogens is 1. The maximum absolute atomic E-state index is 6.20. The molecule has 1 aromatic rings. The molecule has 1 aliphatic heterocycles. The third-order valence-electron chi connectivity index (χ3n) is 4.41. The van der Waals surface area contributed by atoms with Crippen LogP contribution in [0.2, 0.25) is 5.02 Å². The molecule has 134 valence electrons. The van der Waals surface area contributed by atoms with Gasteiger partial charge in [0.15, 0.2) is 5.96 Å². The van der Waals surface area contributed by atoms with E-state index in [1.165, 1.54) is 32.5 Å². The number of nitrogens with zero attached hydrogens (tertiary/aromatic N) is 2. The lowest BCUT2D eigenvalue weighted by atomic mass is 9.97. The first-order valence-corrected chi connectivity index (χ1v) is 9.36. The van der Waals surface area contributed by atoms with Gasteiger partial charge in [0.1, 0.15) is 0 Å². The molecule has 0 aliphatic carbocycles. The van der Waals surface area contributed by atoms with E-state index in [0.717, 1.165) is 29.0 Å². The van der Waals surface area contributed by atoms with E-state index < -0.39 is 0 Å². The summed E-state index contributed by atoms with van der Waals surface area (Å²) in [4.78, 5) is 6.92. The van der Waals surface area contributed by atoms with E-state index in [1.807, 2.05) is 31.3 Å². The molecule has 2 rings (SSSR count). The zero-order chi connectivity index (χ0) is 17.4. The van der Waals surface area contributed by atoms with E-state index in [-0.39, 0.29) is 0 Å². The number of likely N-dealkylation sites (tertiary alicyclic amines) is 1. The standard InChI is InChI=1S/C19H31ClN4/c1-15(2)13-24-10-6-7-16(14-24)11-22-19(21-3)23-12-17-8-4-5-9-18(17)20/h4-5,8-9,15-16H,6-7,10-14H2,1-3H3,(H2,21,22,23). The fourth-order valence-corrected chi connectivity index (χ4v) is 3.49. The fourth-order valence-electron chi connectivity index (χ4n) is 3.28. The minimum absolute atomic E-state index is 0.684. The first-order chi connectivity index (χ1) is 11.6. The fraction of sp³-hybridized carbons (Fsp3) is 0.632. The number of aliphatic imine (C=N–C) groups is 1. The summed E-state index contributed by atoms with van der Waals surface area (Å²) >= 11 is 6.20.